The molecule has 0 aliphatic carbocycles. The minimum absolute atomic E-state index is 0. The summed E-state index contributed by atoms with van der Waals surface area (Å²) in [6, 6.07) is 0. The molecule has 12 heteroatoms. The van der Waals surface area contributed by atoms with E-state index in [1.165, 1.54) is 0 Å². The molecule has 8 N–H and O–H groups in total. The third-order valence-electron chi connectivity index (χ3n) is 0.285. The number of hydrogen-bond donors (Lipinski definition) is 6. The number of nitrogens with two attached hydrogens (primary N) is 2. The summed E-state index contributed by atoms with van der Waals surface area (Å²) in [4.78, 5) is 36.4. The maximum absolute atomic E-state index is 9.45. The Balaban J connectivity index is -0.0000000190. The molecular weight excluding hydrogens is 298 g/mol. The molecule has 0 amide bonds. The Hall–Kier alpha value is -0.200. The SMILES string of the molecule is CC(=O)O.CC(=O)O.CC(=O)O.NC(N)C(=O)O.[H-].[H-].[Na+].[Na+]. The predicted molar refractivity (Wildman–Crippen MR) is 62.0 cm³/mol. The van der Waals surface area contributed by atoms with Gasteiger partial charge in [0.05, 0.1) is 0 Å². The van der Waals surface area contributed by atoms with Gasteiger partial charge in [-0.2, -0.15) is 0 Å². The predicted octanol–water partition coefficient (Wildman–Crippen LogP) is -7.18. The van der Waals surface area contributed by atoms with Crippen molar-refractivity contribution >= 4 is 23.9 Å². The summed E-state index contributed by atoms with van der Waals surface area (Å²) in [6.07, 6.45) is -1.23. The van der Waals surface area contributed by atoms with E-state index < -0.39 is 30.0 Å². The molecule has 20 heavy (non-hydrogen) atoms. The second kappa shape index (κ2) is 27.2. The Morgan fingerprint density at radius 1 is 0.750 bits per heavy atom. The molecule has 0 unspecified atom stereocenters. The minimum atomic E-state index is -1.23. The van der Waals surface area contributed by atoms with Gasteiger partial charge >= 0.3 is 65.1 Å². The third-order valence-corrected chi connectivity index (χ3v) is 0.285. The molecule has 0 saturated heterocycles. The fraction of sp³-hybridized carbons (Fsp3) is 0.500. The van der Waals surface area contributed by atoms with Gasteiger partial charge in [0, 0.05) is 20.8 Å². The van der Waals surface area contributed by atoms with Crippen LogP contribution in [-0.2, 0) is 19.2 Å². The van der Waals surface area contributed by atoms with Crippen LogP contribution in [0, 0.1) is 0 Å². The number of carboxylic acid groups (broad SMARTS) is 4. The van der Waals surface area contributed by atoms with Crippen LogP contribution in [-0.4, -0.2) is 50.5 Å². The van der Waals surface area contributed by atoms with Crippen molar-refractivity contribution in [2.75, 3.05) is 0 Å². The number of hydrogen-bond acceptors (Lipinski definition) is 6. The first-order valence-electron chi connectivity index (χ1n) is 4.17. The van der Waals surface area contributed by atoms with Gasteiger partial charge in [-0.1, -0.05) is 0 Å². The molecule has 0 spiro atoms. The van der Waals surface area contributed by atoms with Crippen molar-refractivity contribution in [1.82, 2.24) is 0 Å². The first kappa shape index (κ1) is 36.7. The Kier molecular flexibility index (Phi) is 50.0. The third kappa shape index (κ3) is 348. The van der Waals surface area contributed by atoms with Crippen molar-refractivity contribution in [2.45, 2.75) is 26.9 Å². The summed E-state index contributed by atoms with van der Waals surface area (Å²) in [5.41, 5.74) is 9.23. The summed E-state index contributed by atoms with van der Waals surface area (Å²) in [5, 5.41) is 30.0. The maximum atomic E-state index is 9.45. The molecular formula is C8H20N2Na2O8. The molecule has 0 radical (unpaired) electrons. The van der Waals surface area contributed by atoms with Crippen molar-refractivity contribution in [1.29, 1.82) is 0 Å². The van der Waals surface area contributed by atoms with Crippen LogP contribution >= 0.6 is 0 Å². The summed E-state index contributed by atoms with van der Waals surface area (Å²) in [6.45, 7) is 3.25. The number of carboxylic acids is 4. The standard InChI is InChI=1S/C2H6N2O2.3C2H4O2.2Na.2H/c3-1(4)2(5)6;3*1-2(3)4;;;;/h1H,3-4H2,(H,5,6);3*1H3,(H,3,4);;;;/q;;;;2*+1;2*-1. The fourth-order valence-electron chi connectivity index (χ4n) is 0. The van der Waals surface area contributed by atoms with Crippen LogP contribution in [0.4, 0.5) is 0 Å². The van der Waals surface area contributed by atoms with Crippen LogP contribution in [0.5, 0.6) is 0 Å². The van der Waals surface area contributed by atoms with E-state index in [-0.39, 0.29) is 62.0 Å². The zero-order chi connectivity index (χ0) is 15.9. The monoisotopic (exact) mass is 318 g/mol. The van der Waals surface area contributed by atoms with Crippen LogP contribution in [0.3, 0.4) is 0 Å². The van der Waals surface area contributed by atoms with Gasteiger partial charge in [0.2, 0.25) is 0 Å². The molecule has 10 nitrogen and oxygen atoms in total. The number of rotatable bonds is 1. The fourth-order valence-corrected chi connectivity index (χ4v) is 0. The van der Waals surface area contributed by atoms with Crippen LogP contribution in [0.15, 0.2) is 0 Å². The minimum Gasteiger partial charge on any atom is -1.00 e. The van der Waals surface area contributed by atoms with Gasteiger partial charge in [-0.15, -0.1) is 0 Å². The summed E-state index contributed by atoms with van der Waals surface area (Å²) < 4.78 is 0. The van der Waals surface area contributed by atoms with E-state index in [1.807, 2.05) is 0 Å². The number of aliphatic carboxylic acids is 4. The molecule has 0 heterocycles. The molecule has 0 aromatic heterocycles. The van der Waals surface area contributed by atoms with Gasteiger partial charge < -0.3 is 34.7 Å². The van der Waals surface area contributed by atoms with Crippen molar-refractivity contribution in [3.05, 3.63) is 0 Å². The van der Waals surface area contributed by atoms with Gasteiger partial charge in [-0.3, -0.25) is 14.4 Å². The van der Waals surface area contributed by atoms with E-state index in [0.29, 0.717) is 0 Å². The molecule has 112 valence electrons. The molecule has 0 aliphatic heterocycles. The Labute approximate surface area is 163 Å². The van der Waals surface area contributed by atoms with Crippen LogP contribution in [0.25, 0.3) is 0 Å². The molecule has 0 bridgehead atoms. The first-order valence-corrected chi connectivity index (χ1v) is 4.17. The van der Waals surface area contributed by atoms with E-state index in [2.05, 4.69) is 11.5 Å². The van der Waals surface area contributed by atoms with E-state index >= 15 is 0 Å². The van der Waals surface area contributed by atoms with E-state index in [9.17, 15) is 4.79 Å². The van der Waals surface area contributed by atoms with Crippen molar-refractivity contribution in [3.8, 4) is 0 Å². The smallest absolute Gasteiger partial charge is 1.00 e. The Morgan fingerprint density at radius 3 is 0.800 bits per heavy atom. The van der Waals surface area contributed by atoms with Crippen LogP contribution in [0.2, 0.25) is 0 Å². The topological polar surface area (TPSA) is 201 Å². The zero-order valence-electron chi connectivity index (χ0n) is 14.2. The second-order valence-electron chi connectivity index (χ2n) is 2.42. The van der Waals surface area contributed by atoms with E-state index in [4.69, 9.17) is 34.8 Å². The van der Waals surface area contributed by atoms with E-state index in [0.717, 1.165) is 20.8 Å². The quantitative estimate of drug-likeness (QED) is 0.199. The molecule has 0 rings (SSSR count). The van der Waals surface area contributed by atoms with Gasteiger partial charge in [-0.25, -0.2) is 4.79 Å². The number of carbonyl (C=O) groups is 4. The van der Waals surface area contributed by atoms with Crippen molar-refractivity contribution in [3.63, 3.8) is 0 Å². The summed E-state index contributed by atoms with van der Waals surface area (Å²) in [7, 11) is 0. The normalized spacial score (nSPS) is 6.50. The second-order valence-corrected chi connectivity index (χ2v) is 2.42. The molecule has 0 aliphatic rings. The van der Waals surface area contributed by atoms with Crippen molar-refractivity contribution in [2.24, 2.45) is 11.5 Å². The van der Waals surface area contributed by atoms with Gasteiger partial charge in [0.15, 0.2) is 6.17 Å². The van der Waals surface area contributed by atoms with Gasteiger partial charge in [-0.05, 0) is 0 Å². The van der Waals surface area contributed by atoms with Crippen LogP contribution < -0.4 is 70.6 Å². The van der Waals surface area contributed by atoms with E-state index in [1.54, 1.807) is 0 Å². The molecule has 0 atom stereocenters. The largest absolute Gasteiger partial charge is 1.00 e. The average molecular weight is 318 g/mol. The summed E-state index contributed by atoms with van der Waals surface area (Å²) in [5.74, 6) is -3.69. The molecule has 0 aromatic carbocycles. The molecule has 0 fully saturated rings. The first-order chi connectivity index (χ1) is 7.84. The molecule has 0 saturated carbocycles. The Bertz CT molecular complexity index is 242. The zero-order valence-corrected chi connectivity index (χ0v) is 16.2. The maximum Gasteiger partial charge on any atom is 1.00 e. The van der Waals surface area contributed by atoms with Gasteiger partial charge in [0.1, 0.15) is 0 Å². The average Bonchev–Trinajstić information content (AvgIpc) is 1.99. The van der Waals surface area contributed by atoms with Crippen LogP contribution in [0.1, 0.15) is 23.6 Å². The Morgan fingerprint density at radius 2 is 0.800 bits per heavy atom. The van der Waals surface area contributed by atoms with Crippen molar-refractivity contribution < 1.29 is 102 Å². The molecule has 0 aromatic rings. The summed E-state index contributed by atoms with van der Waals surface area (Å²) >= 11 is 0. The van der Waals surface area contributed by atoms with Gasteiger partial charge in [0.25, 0.3) is 17.9 Å².